The Morgan fingerprint density at radius 1 is 0.875 bits per heavy atom. The molecule has 2 aromatic rings. The van der Waals surface area contributed by atoms with Gasteiger partial charge in [0.25, 0.3) is 0 Å². The fourth-order valence-electron chi connectivity index (χ4n) is 2.43. The fourth-order valence-corrected chi connectivity index (χ4v) is 2.43. The summed E-state index contributed by atoms with van der Waals surface area (Å²) < 4.78 is 0. The van der Waals surface area contributed by atoms with Crippen LogP contribution in [0.3, 0.4) is 0 Å². The van der Waals surface area contributed by atoms with Crippen molar-refractivity contribution in [2.24, 2.45) is 4.99 Å². The van der Waals surface area contributed by atoms with Crippen LogP contribution in [0.25, 0.3) is 0 Å². The van der Waals surface area contributed by atoms with E-state index in [-0.39, 0.29) is 41.3 Å². The Hall–Kier alpha value is -0.886. The zero-order valence-corrected chi connectivity index (χ0v) is 17.2. The third-order valence-electron chi connectivity index (χ3n) is 3.58. The molecule has 0 amide bonds. The molecule has 0 aliphatic heterocycles. The van der Waals surface area contributed by atoms with Crippen molar-refractivity contribution in [3.8, 4) is 0 Å². The summed E-state index contributed by atoms with van der Waals surface area (Å²) in [4.78, 5) is 9.26. The Morgan fingerprint density at radius 2 is 1.38 bits per heavy atom. The molecule has 0 N–H and O–H groups in total. The Bertz CT molecular complexity index is 629. The van der Waals surface area contributed by atoms with Gasteiger partial charge < -0.3 is 24.8 Å². The van der Waals surface area contributed by atoms with E-state index in [1.165, 1.54) is 11.1 Å². The Kier molecular flexibility index (Phi) is 12.3. The number of para-hydroxylation sites is 1. The number of aryl methyl sites for hydroxylation is 1. The largest absolute Gasteiger partial charge is 2.00 e. The van der Waals surface area contributed by atoms with E-state index in [0.29, 0.717) is 11.8 Å². The fraction of sp³-hybridized carbons (Fsp3) is 0.368. The van der Waals surface area contributed by atoms with E-state index in [1.54, 1.807) is 0 Å². The number of nitrogens with zero attached hydrogens (tertiary/aromatic N) is 2. The third kappa shape index (κ3) is 6.55. The Balaban J connectivity index is 0. The van der Waals surface area contributed by atoms with Crippen LogP contribution in [-0.2, 0) is 16.5 Å². The first-order valence-corrected chi connectivity index (χ1v) is 7.59. The molecular formula is C19H24Cl2N2Ni. The molecule has 134 valence electrons. The minimum Gasteiger partial charge on any atom is -1.00 e. The zero-order valence-electron chi connectivity index (χ0n) is 14.7. The number of rotatable bonds is 4. The average Bonchev–Trinajstić information content (AvgIpc) is 2.44. The minimum absolute atomic E-state index is 0. The van der Waals surface area contributed by atoms with Crippen LogP contribution < -0.4 is 24.8 Å². The number of pyridine rings is 1. The van der Waals surface area contributed by atoms with Crippen molar-refractivity contribution in [2.45, 2.75) is 46.5 Å². The molecule has 0 spiro atoms. The normalized spacial score (nSPS) is 10.3. The van der Waals surface area contributed by atoms with Crippen LogP contribution in [0.15, 0.2) is 41.4 Å². The third-order valence-corrected chi connectivity index (χ3v) is 3.58. The number of halogens is 2. The van der Waals surface area contributed by atoms with Gasteiger partial charge in [0.1, 0.15) is 0 Å². The van der Waals surface area contributed by atoms with Crippen molar-refractivity contribution in [1.82, 2.24) is 4.98 Å². The average molecular weight is 410 g/mol. The molecule has 2 rings (SSSR count). The number of benzene rings is 1. The second-order valence-electron chi connectivity index (χ2n) is 6.06. The smallest absolute Gasteiger partial charge is 1.00 e. The molecule has 0 saturated carbocycles. The van der Waals surface area contributed by atoms with Gasteiger partial charge in [0.15, 0.2) is 0 Å². The topological polar surface area (TPSA) is 25.2 Å². The molecule has 0 saturated heterocycles. The van der Waals surface area contributed by atoms with Crippen LogP contribution in [0.5, 0.6) is 0 Å². The first-order chi connectivity index (χ1) is 9.99. The van der Waals surface area contributed by atoms with Crippen molar-refractivity contribution in [3.05, 3.63) is 58.9 Å². The monoisotopic (exact) mass is 408 g/mol. The summed E-state index contributed by atoms with van der Waals surface area (Å²) >= 11 is 0. The van der Waals surface area contributed by atoms with Crippen LogP contribution >= 0.6 is 0 Å². The molecule has 0 aliphatic carbocycles. The second kappa shape index (κ2) is 11.6. The summed E-state index contributed by atoms with van der Waals surface area (Å²) in [7, 11) is 0. The maximum Gasteiger partial charge on any atom is 2.00 e. The van der Waals surface area contributed by atoms with Gasteiger partial charge in [-0.15, -0.1) is 0 Å². The van der Waals surface area contributed by atoms with Crippen LogP contribution in [0.1, 0.15) is 62.0 Å². The van der Waals surface area contributed by atoms with E-state index in [0.717, 1.165) is 17.1 Å². The van der Waals surface area contributed by atoms with E-state index in [4.69, 9.17) is 4.99 Å². The first kappa shape index (κ1) is 25.4. The van der Waals surface area contributed by atoms with E-state index >= 15 is 0 Å². The molecule has 1 aromatic heterocycles. The molecule has 0 fully saturated rings. The van der Waals surface area contributed by atoms with E-state index in [9.17, 15) is 0 Å². The van der Waals surface area contributed by atoms with Gasteiger partial charge >= 0.3 is 16.5 Å². The molecule has 24 heavy (non-hydrogen) atoms. The second-order valence-corrected chi connectivity index (χ2v) is 6.06. The quantitative estimate of drug-likeness (QED) is 0.488. The van der Waals surface area contributed by atoms with Gasteiger partial charge in [-0.3, -0.25) is 9.98 Å². The van der Waals surface area contributed by atoms with E-state index in [1.807, 2.05) is 31.3 Å². The maximum atomic E-state index is 4.77. The van der Waals surface area contributed by atoms with Gasteiger partial charge in [-0.2, -0.15) is 0 Å². The number of hydrogen-bond acceptors (Lipinski definition) is 2. The molecule has 1 heterocycles. The SMILES string of the molecule is Cc1cccc(C=Nc2c(C(C)C)cccc2C(C)C)n1.[Cl-].[Cl-].[Ni+2]. The Morgan fingerprint density at radius 3 is 1.83 bits per heavy atom. The van der Waals surface area contributed by atoms with Gasteiger partial charge in [0.2, 0.25) is 0 Å². The summed E-state index contributed by atoms with van der Waals surface area (Å²) in [6.07, 6.45) is 1.88. The summed E-state index contributed by atoms with van der Waals surface area (Å²) in [5.41, 5.74) is 5.62. The maximum absolute atomic E-state index is 4.77. The summed E-state index contributed by atoms with van der Waals surface area (Å²) in [6, 6.07) is 12.5. The molecular weight excluding hydrogens is 386 g/mol. The molecule has 5 heteroatoms. The summed E-state index contributed by atoms with van der Waals surface area (Å²) in [5, 5.41) is 0. The van der Waals surface area contributed by atoms with Crippen LogP contribution in [0.2, 0.25) is 0 Å². The Labute approximate surface area is 168 Å². The molecule has 0 bridgehead atoms. The van der Waals surface area contributed by atoms with Crippen molar-refractivity contribution in [1.29, 1.82) is 0 Å². The van der Waals surface area contributed by atoms with Gasteiger partial charge in [-0.25, -0.2) is 0 Å². The van der Waals surface area contributed by atoms with Crippen molar-refractivity contribution in [3.63, 3.8) is 0 Å². The summed E-state index contributed by atoms with van der Waals surface area (Å²) in [6.45, 7) is 10.8. The van der Waals surface area contributed by atoms with E-state index in [2.05, 4.69) is 50.9 Å². The number of aromatic nitrogens is 1. The summed E-state index contributed by atoms with van der Waals surface area (Å²) in [5.74, 6) is 0.919. The molecule has 0 aliphatic rings. The van der Waals surface area contributed by atoms with Crippen LogP contribution in [-0.4, -0.2) is 11.2 Å². The standard InChI is InChI=1S/C19H24N2.2ClH.Ni/c1-13(2)17-10-7-11-18(14(3)4)19(17)20-12-16-9-6-8-15(5)21-16;;;/h6-14H,1-5H3;2*1H;/q;;;+2/p-2. The van der Waals surface area contributed by atoms with Crippen LogP contribution in [0.4, 0.5) is 5.69 Å². The minimum atomic E-state index is 0. The van der Waals surface area contributed by atoms with Gasteiger partial charge in [0.05, 0.1) is 17.6 Å². The van der Waals surface area contributed by atoms with Crippen molar-refractivity contribution >= 4 is 11.9 Å². The molecule has 0 unspecified atom stereocenters. The van der Waals surface area contributed by atoms with Crippen LogP contribution in [0, 0.1) is 6.92 Å². The molecule has 1 aromatic carbocycles. The van der Waals surface area contributed by atoms with Crippen molar-refractivity contribution in [2.75, 3.05) is 0 Å². The molecule has 0 radical (unpaired) electrons. The van der Waals surface area contributed by atoms with Gasteiger partial charge in [-0.05, 0) is 42.0 Å². The predicted molar refractivity (Wildman–Crippen MR) is 90.8 cm³/mol. The molecule has 2 nitrogen and oxygen atoms in total. The molecule has 0 atom stereocenters. The van der Waals surface area contributed by atoms with Gasteiger partial charge in [-0.1, -0.05) is 52.0 Å². The first-order valence-electron chi connectivity index (χ1n) is 7.59. The number of aliphatic imine (C=N–C) groups is 1. The van der Waals surface area contributed by atoms with E-state index < -0.39 is 0 Å². The predicted octanol–water partition coefficient (Wildman–Crippen LogP) is -0.607. The zero-order chi connectivity index (χ0) is 15.4. The number of hydrogen-bond donors (Lipinski definition) is 0. The van der Waals surface area contributed by atoms with Crippen molar-refractivity contribution < 1.29 is 41.3 Å². The van der Waals surface area contributed by atoms with Gasteiger partial charge in [0, 0.05) is 5.69 Å².